The van der Waals surface area contributed by atoms with E-state index < -0.39 is 0 Å². The van der Waals surface area contributed by atoms with Crippen molar-refractivity contribution in [2.75, 3.05) is 0 Å². The summed E-state index contributed by atoms with van der Waals surface area (Å²) in [6.45, 7) is 2.73. The van der Waals surface area contributed by atoms with Crippen LogP contribution in [0.15, 0.2) is 65.8 Å². The van der Waals surface area contributed by atoms with Gasteiger partial charge in [-0.3, -0.25) is 4.79 Å². The fourth-order valence-corrected chi connectivity index (χ4v) is 4.56. The highest BCUT2D eigenvalue weighted by Gasteiger charge is 2.12. The Labute approximate surface area is 203 Å². The molecule has 4 rings (SSSR count). The van der Waals surface area contributed by atoms with E-state index in [4.69, 9.17) is 0 Å². The second-order valence-electron chi connectivity index (χ2n) is 7.11. The maximum atomic E-state index is 12.4. The van der Waals surface area contributed by atoms with Crippen molar-refractivity contribution in [3.8, 4) is 0 Å². The van der Waals surface area contributed by atoms with Gasteiger partial charge in [0.15, 0.2) is 0 Å². The van der Waals surface area contributed by atoms with Gasteiger partial charge < -0.3 is 4.57 Å². The number of aryl methyl sites for hydroxylation is 2. The fourth-order valence-electron chi connectivity index (χ4n) is 3.58. The largest absolute Gasteiger partial charge is 0.340 e. The number of nitrogens with zero attached hydrogens (tertiary/aromatic N) is 2. The van der Waals surface area contributed by atoms with Crippen LogP contribution in [0.4, 0.5) is 0 Å². The van der Waals surface area contributed by atoms with Gasteiger partial charge in [0.05, 0.1) is 6.21 Å². The molecule has 0 radical (unpaired) electrons. The number of rotatable bonds is 6. The third kappa shape index (κ3) is 4.69. The first-order valence-electron chi connectivity index (χ1n) is 9.83. The molecule has 0 fully saturated rings. The Kier molecular flexibility index (Phi) is 6.72. The van der Waals surface area contributed by atoms with Gasteiger partial charge in [-0.2, -0.15) is 5.10 Å². The summed E-state index contributed by atoms with van der Waals surface area (Å²) < 4.78 is 4.64. The minimum absolute atomic E-state index is 0.0950. The number of hydrogen-bond acceptors (Lipinski definition) is 2. The average molecular weight is 621 g/mol. The van der Waals surface area contributed by atoms with Crippen LogP contribution in [0.5, 0.6) is 0 Å². The number of amides is 1. The monoisotopic (exact) mass is 621 g/mol. The fraction of sp³-hybridized carbons (Fsp3) is 0.167. The topological polar surface area (TPSA) is 46.4 Å². The highest BCUT2D eigenvalue weighted by molar-refractivity contribution is 14.1. The quantitative estimate of drug-likeness (QED) is 0.158. The van der Waals surface area contributed by atoms with Crippen LogP contribution in [0.3, 0.4) is 0 Å². The summed E-state index contributed by atoms with van der Waals surface area (Å²) in [5, 5.41) is 6.56. The zero-order valence-corrected chi connectivity index (χ0v) is 20.8. The number of fused-ring (bicyclic) bond motifs is 3. The predicted molar refractivity (Wildman–Crippen MR) is 141 cm³/mol. The molecule has 30 heavy (non-hydrogen) atoms. The van der Waals surface area contributed by atoms with Crippen molar-refractivity contribution in [3.63, 3.8) is 0 Å². The zero-order valence-electron chi connectivity index (χ0n) is 16.5. The highest BCUT2D eigenvalue weighted by atomic mass is 127. The number of nitrogens with one attached hydrogen (secondary N) is 1. The third-order valence-corrected chi connectivity index (χ3v) is 6.48. The molecule has 1 amide bonds. The lowest BCUT2D eigenvalue weighted by molar-refractivity contribution is -0.121. The number of benzene rings is 3. The van der Waals surface area contributed by atoms with Crippen molar-refractivity contribution in [2.45, 2.75) is 26.3 Å². The van der Waals surface area contributed by atoms with Crippen molar-refractivity contribution in [1.82, 2.24) is 9.99 Å². The Hall–Kier alpha value is -1.94. The van der Waals surface area contributed by atoms with Crippen molar-refractivity contribution in [3.05, 3.63) is 78.9 Å². The molecule has 0 saturated heterocycles. The van der Waals surface area contributed by atoms with Crippen molar-refractivity contribution in [1.29, 1.82) is 0 Å². The standard InChI is InChI=1S/C24H21I2N3O/c1-2-16-3-5-17(6-4-16)15-27-28-24(30)11-12-29-22-9-7-18(25)13-20(22)21-14-19(26)8-10-23(21)29/h3-10,13-15H,2,11-12H2,1H3,(H,28,30). The van der Waals surface area contributed by atoms with Crippen LogP contribution in [-0.4, -0.2) is 16.7 Å². The van der Waals surface area contributed by atoms with Crippen molar-refractivity contribution < 1.29 is 4.79 Å². The first-order chi connectivity index (χ1) is 14.5. The molecule has 0 aliphatic rings. The van der Waals surface area contributed by atoms with E-state index in [0.717, 1.165) is 23.0 Å². The molecular weight excluding hydrogens is 600 g/mol. The van der Waals surface area contributed by atoms with Gasteiger partial charge in [0, 0.05) is 41.9 Å². The van der Waals surface area contributed by atoms with Crippen molar-refractivity contribution >= 4 is 79.1 Å². The van der Waals surface area contributed by atoms with Gasteiger partial charge in [0.25, 0.3) is 0 Å². The maximum absolute atomic E-state index is 12.4. The molecule has 0 aliphatic carbocycles. The minimum Gasteiger partial charge on any atom is -0.340 e. The molecule has 0 atom stereocenters. The lowest BCUT2D eigenvalue weighted by Crippen LogP contribution is -2.19. The van der Waals surface area contributed by atoms with Crippen LogP contribution < -0.4 is 5.43 Å². The second-order valence-corrected chi connectivity index (χ2v) is 9.60. The Morgan fingerprint density at radius 1 is 0.967 bits per heavy atom. The number of carbonyl (C=O) groups is 1. The van der Waals surface area contributed by atoms with E-state index in [0.29, 0.717) is 13.0 Å². The van der Waals surface area contributed by atoms with Gasteiger partial charge in [0.2, 0.25) is 5.91 Å². The molecule has 0 aliphatic heterocycles. The van der Waals surface area contributed by atoms with E-state index in [1.165, 1.54) is 23.5 Å². The first-order valence-corrected chi connectivity index (χ1v) is 12.0. The minimum atomic E-state index is -0.0950. The molecule has 4 aromatic rings. The van der Waals surface area contributed by atoms with Gasteiger partial charge in [-0.1, -0.05) is 31.2 Å². The molecule has 6 heteroatoms. The van der Waals surface area contributed by atoms with Crippen molar-refractivity contribution in [2.24, 2.45) is 5.10 Å². The lowest BCUT2D eigenvalue weighted by atomic mass is 10.1. The number of hydrogen-bond donors (Lipinski definition) is 1. The summed E-state index contributed by atoms with van der Waals surface area (Å²) in [6.07, 6.45) is 3.06. The van der Waals surface area contributed by atoms with Crippen LogP contribution in [0.25, 0.3) is 21.8 Å². The van der Waals surface area contributed by atoms with Gasteiger partial charge in [-0.15, -0.1) is 0 Å². The predicted octanol–water partition coefficient (Wildman–Crippen LogP) is 6.11. The second kappa shape index (κ2) is 9.47. The van der Waals surface area contributed by atoms with Crippen LogP contribution in [-0.2, 0) is 17.8 Å². The summed E-state index contributed by atoms with van der Waals surface area (Å²) >= 11 is 4.69. The molecular formula is C24H21I2N3O. The molecule has 3 aromatic carbocycles. The smallest absolute Gasteiger partial charge is 0.241 e. The summed E-state index contributed by atoms with van der Waals surface area (Å²) in [6, 6.07) is 21.1. The summed E-state index contributed by atoms with van der Waals surface area (Å²) in [5.74, 6) is -0.0950. The highest BCUT2D eigenvalue weighted by Crippen LogP contribution is 2.31. The number of halogens is 2. The third-order valence-electron chi connectivity index (χ3n) is 5.14. The summed E-state index contributed by atoms with van der Waals surface area (Å²) in [7, 11) is 0. The lowest BCUT2D eigenvalue weighted by Gasteiger charge is -2.07. The maximum Gasteiger partial charge on any atom is 0.241 e. The first kappa shape index (κ1) is 21.3. The van der Waals surface area contributed by atoms with Gasteiger partial charge in [-0.05, 0) is 99.1 Å². The molecule has 152 valence electrons. The molecule has 4 nitrogen and oxygen atoms in total. The molecule has 1 N–H and O–H groups in total. The normalized spacial score (nSPS) is 11.6. The molecule has 0 saturated carbocycles. The van der Waals surface area contributed by atoms with Crippen LogP contribution in [0.2, 0.25) is 0 Å². The molecule has 1 aromatic heterocycles. The Bertz CT molecular complexity index is 1180. The van der Waals surface area contributed by atoms with E-state index >= 15 is 0 Å². The number of carbonyl (C=O) groups excluding carboxylic acids is 1. The van der Waals surface area contributed by atoms with E-state index in [2.05, 4.69) is 116 Å². The van der Waals surface area contributed by atoms with E-state index in [9.17, 15) is 4.79 Å². The van der Waals surface area contributed by atoms with Gasteiger partial charge >= 0.3 is 0 Å². The number of hydrazone groups is 1. The van der Waals surface area contributed by atoms with Crippen LogP contribution in [0, 0.1) is 7.14 Å². The average Bonchev–Trinajstić information content (AvgIpc) is 3.05. The zero-order chi connectivity index (χ0) is 21.1. The van der Waals surface area contributed by atoms with E-state index in [1.54, 1.807) is 6.21 Å². The Morgan fingerprint density at radius 3 is 2.13 bits per heavy atom. The molecule has 1 heterocycles. The Balaban J connectivity index is 1.48. The Morgan fingerprint density at radius 2 is 1.57 bits per heavy atom. The molecule has 0 bridgehead atoms. The van der Waals surface area contributed by atoms with Crippen LogP contribution >= 0.6 is 45.2 Å². The molecule has 0 spiro atoms. The van der Waals surface area contributed by atoms with Crippen LogP contribution in [0.1, 0.15) is 24.5 Å². The summed E-state index contributed by atoms with van der Waals surface area (Å²) in [5.41, 5.74) is 7.21. The van der Waals surface area contributed by atoms with E-state index in [-0.39, 0.29) is 5.91 Å². The van der Waals surface area contributed by atoms with E-state index in [1.807, 2.05) is 12.1 Å². The van der Waals surface area contributed by atoms with Gasteiger partial charge in [-0.25, -0.2) is 5.43 Å². The number of aromatic nitrogens is 1. The SMILES string of the molecule is CCc1ccc(C=NNC(=O)CCn2c3ccc(I)cc3c3cc(I)ccc32)cc1. The van der Waals surface area contributed by atoms with Gasteiger partial charge in [0.1, 0.15) is 0 Å². The summed E-state index contributed by atoms with van der Waals surface area (Å²) in [4.78, 5) is 12.4. The molecule has 0 unspecified atom stereocenters.